The maximum Gasteiger partial charge on any atom is 0.0406 e. The SMILES string of the molecule is CC(c1ccc(Cl)cc1)N1CCCC(CCN)C1. The zero-order valence-corrected chi connectivity index (χ0v) is 11.9. The van der Waals surface area contributed by atoms with Crippen LogP contribution in [0, 0.1) is 5.92 Å². The number of nitrogens with two attached hydrogens (primary N) is 1. The van der Waals surface area contributed by atoms with E-state index in [-0.39, 0.29) is 0 Å². The van der Waals surface area contributed by atoms with Gasteiger partial charge in [0.2, 0.25) is 0 Å². The normalized spacial score (nSPS) is 22.9. The van der Waals surface area contributed by atoms with Crippen LogP contribution in [0.1, 0.15) is 37.8 Å². The third-order valence-corrected chi connectivity index (χ3v) is 4.28. The minimum Gasteiger partial charge on any atom is -0.330 e. The van der Waals surface area contributed by atoms with Crippen molar-refractivity contribution in [1.82, 2.24) is 4.90 Å². The lowest BCUT2D eigenvalue weighted by Gasteiger charge is -2.37. The van der Waals surface area contributed by atoms with Crippen LogP contribution in [0.5, 0.6) is 0 Å². The fourth-order valence-corrected chi connectivity index (χ4v) is 3.00. The molecule has 0 aliphatic carbocycles. The fourth-order valence-electron chi connectivity index (χ4n) is 2.87. The molecule has 1 saturated heterocycles. The Balaban J connectivity index is 1.99. The van der Waals surface area contributed by atoms with Crippen molar-refractivity contribution in [2.24, 2.45) is 11.7 Å². The molecule has 18 heavy (non-hydrogen) atoms. The van der Waals surface area contributed by atoms with Crippen molar-refractivity contribution < 1.29 is 0 Å². The molecule has 0 bridgehead atoms. The van der Waals surface area contributed by atoms with Gasteiger partial charge in [-0.15, -0.1) is 0 Å². The van der Waals surface area contributed by atoms with Gasteiger partial charge in [-0.3, -0.25) is 4.90 Å². The third kappa shape index (κ3) is 3.47. The van der Waals surface area contributed by atoms with E-state index in [4.69, 9.17) is 17.3 Å². The van der Waals surface area contributed by atoms with Gasteiger partial charge in [-0.1, -0.05) is 23.7 Å². The number of hydrogen-bond acceptors (Lipinski definition) is 2. The molecule has 0 amide bonds. The molecule has 3 heteroatoms. The van der Waals surface area contributed by atoms with Gasteiger partial charge in [0.15, 0.2) is 0 Å². The number of likely N-dealkylation sites (tertiary alicyclic amines) is 1. The number of benzene rings is 1. The highest BCUT2D eigenvalue weighted by Crippen LogP contribution is 2.28. The number of halogens is 1. The third-order valence-electron chi connectivity index (χ3n) is 4.03. The Morgan fingerprint density at radius 3 is 2.78 bits per heavy atom. The molecule has 2 rings (SSSR count). The van der Waals surface area contributed by atoms with Crippen LogP contribution < -0.4 is 5.73 Å². The van der Waals surface area contributed by atoms with Crippen LogP contribution in [-0.4, -0.2) is 24.5 Å². The average molecular weight is 267 g/mol. The highest BCUT2D eigenvalue weighted by atomic mass is 35.5. The van der Waals surface area contributed by atoms with Crippen LogP contribution in [0.4, 0.5) is 0 Å². The quantitative estimate of drug-likeness (QED) is 0.904. The molecule has 1 heterocycles. The Hall–Kier alpha value is -0.570. The minimum atomic E-state index is 0.475. The molecular formula is C15H23ClN2. The molecule has 0 saturated carbocycles. The monoisotopic (exact) mass is 266 g/mol. The summed E-state index contributed by atoms with van der Waals surface area (Å²) in [5.74, 6) is 0.776. The number of piperidine rings is 1. The van der Waals surface area contributed by atoms with E-state index in [1.807, 2.05) is 12.1 Å². The smallest absolute Gasteiger partial charge is 0.0406 e. The predicted molar refractivity (Wildman–Crippen MR) is 77.8 cm³/mol. The Morgan fingerprint density at radius 2 is 2.11 bits per heavy atom. The molecule has 100 valence electrons. The van der Waals surface area contributed by atoms with Crippen molar-refractivity contribution in [1.29, 1.82) is 0 Å². The van der Waals surface area contributed by atoms with E-state index < -0.39 is 0 Å². The van der Waals surface area contributed by atoms with Gasteiger partial charge in [-0.05, 0) is 62.9 Å². The fraction of sp³-hybridized carbons (Fsp3) is 0.600. The van der Waals surface area contributed by atoms with E-state index in [9.17, 15) is 0 Å². The summed E-state index contributed by atoms with van der Waals surface area (Å²) in [6.45, 7) is 5.48. The van der Waals surface area contributed by atoms with Crippen molar-refractivity contribution in [3.63, 3.8) is 0 Å². The lowest BCUT2D eigenvalue weighted by Crippen LogP contribution is -2.37. The summed E-state index contributed by atoms with van der Waals surface area (Å²) in [7, 11) is 0. The molecule has 1 aromatic carbocycles. The molecule has 1 fully saturated rings. The second kappa shape index (κ2) is 6.55. The Labute approximate surface area is 115 Å². The minimum absolute atomic E-state index is 0.475. The Kier molecular flexibility index (Phi) is 5.04. The van der Waals surface area contributed by atoms with Gasteiger partial charge < -0.3 is 5.73 Å². The van der Waals surface area contributed by atoms with Crippen molar-refractivity contribution in [3.8, 4) is 0 Å². The average Bonchev–Trinajstić information content (AvgIpc) is 2.39. The maximum absolute atomic E-state index is 5.94. The second-order valence-corrected chi connectivity index (χ2v) is 5.74. The summed E-state index contributed by atoms with van der Waals surface area (Å²) < 4.78 is 0. The van der Waals surface area contributed by atoms with E-state index in [0.717, 1.165) is 23.9 Å². The molecule has 0 spiro atoms. The topological polar surface area (TPSA) is 29.3 Å². The summed E-state index contributed by atoms with van der Waals surface area (Å²) in [6, 6.07) is 8.71. The lowest BCUT2D eigenvalue weighted by molar-refractivity contribution is 0.128. The molecule has 2 unspecified atom stereocenters. The van der Waals surface area contributed by atoms with Crippen LogP contribution in [0.2, 0.25) is 5.02 Å². The first-order valence-electron chi connectivity index (χ1n) is 6.90. The highest BCUT2D eigenvalue weighted by Gasteiger charge is 2.23. The van der Waals surface area contributed by atoms with Gasteiger partial charge >= 0.3 is 0 Å². The van der Waals surface area contributed by atoms with Crippen LogP contribution in [-0.2, 0) is 0 Å². The van der Waals surface area contributed by atoms with Crippen molar-refractivity contribution >= 4 is 11.6 Å². The molecule has 2 atom stereocenters. The van der Waals surface area contributed by atoms with Crippen LogP contribution in [0.3, 0.4) is 0 Å². The largest absolute Gasteiger partial charge is 0.330 e. The standard InChI is InChI=1S/C15H23ClN2/c1-12(14-4-6-15(16)7-5-14)18-10-2-3-13(11-18)8-9-17/h4-7,12-13H,2-3,8-11,17H2,1H3. The van der Waals surface area contributed by atoms with Crippen LogP contribution in [0.25, 0.3) is 0 Å². The molecule has 2 N–H and O–H groups in total. The zero-order valence-electron chi connectivity index (χ0n) is 11.1. The van der Waals surface area contributed by atoms with Crippen molar-refractivity contribution in [3.05, 3.63) is 34.9 Å². The first-order chi connectivity index (χ1) is 8.70. The van der Waals surface area contributed by atoms with E-state index >= 15 is 0 Å². The summed E-state index contributed by atoms with van der Waals surface area (Å²) in [5.41, 5.74) is 7.03. The summed E-state index contributed by atoms with van der Waals surface area (Å²) >= 11 is 5.94. The van der Waals surface area contributed by atoms with E-state index in [0.29, 0.717) is 6.04 Å². The predicted octanol–water partition coefficient (Wildman–Crippen LogP) is 3.46. The van der Waals surface area contributed by atoms with E-state index in [1.54, 1.807) is 0 Å². The van der Waals surface area contributed by atoms with Gasteiger partial charge in [-0.25, -0.2) is 0 Å². The Morgan fingerprint density at radius 1 is 1.39 bits per heavy atom. The summed E-state index contributed by atoms with van der Waals surface area (Å²) in [6.07, 6.45) is 3.79. The van der Waals surface area contributed by atoms with Gasteiger partial charge in [0.25, 0.3) is 0 Å². The molecule has 0 radical (unpaired) electrons. The Bertz CT molecular complexity index is 361. The number of rotatable bonds is 4. The number of hydrogen-bond donors (Lipinski definition) is 1. The van der Waals surface area contributed by atoms with E-state index in [2.05, 4.69) is 24.0 Å². The van der Waals surface area contributed by atoms with E-state index in [1.165, 1.54) is 31.5 Å². The highest BCUT2D eigenvalue weighted by molar-refractivity contribution is 6.30. The van der Waals surface area contributed by atoms with Crippen LogP contribution in [0.15, 0.2) is 24.3 Å². The van der Waals surface area contributed by atoms with Gasteiger partial charge in [-0.2, -0.15) is 0 Å². The molecule has 2 nitrogen and oxygen atoms in total. The lowest BCUT2D eigenvalue weighted by atomic mass is 9.93. The van der Waals surface area contributed by atoms with Gasteiger partial charge in [0.05, 0.1) is 0 Å². The zero-order chi connectivity index (χ0) is 13.0. The second-order valence-electron chi connectivity index (χ2n) is 5.31. The van der Waals surface area contributed by atoms with Gasteiger partial charge in [0.1, 0.15) is 0 Å². The molecule has 1 aliphatic rings. The summed E-state index contributed by atoms with van der Waals surface area (Å²) in [5, 5.41) is 0.811. The molecule has 0 aromatic heterocycles. The number of nitrogens with zero attached hydrogens (tertiary/aromatic N) is 1. The molecule has 1 aliphatic heterocycles. The van der Waals surface area contributed by atoms with Crippen molar-refractivity contribution in [2.45, 2.75) is 32.2 Å². The van der Waals surface area contributed by atoms with Crippen LogP contribution >= 0.6 is 11.6 Å². The van der Waals surface area contributed by atoms with Crippen molar-refractivity contribution in [2.75, 3.05) is 19.6 Å². The van der Waals surface area contributed by atoms with Gasteiger partial charge in [0, 0.05) is 17.6 Å². The maximum atomic E-state index is 5.94. The molecule has 1 aromatic rings. The molecular weight excluding hydrogens is 244 g/mol. The first kappa shape index (κ1) is 13.9. The first-order valence-corrected chi connectivity index (χ1v) is 7.28. The summed E-state index contributed by atoms with van der Waals surface area (Å²) in [4.78, 5) is 2.58.